The second-order valence-corrected chi connectivity index (χ2v) is 4.80. The number of methoxy groups -OCH3 is 2. The molecule has 0 amide bonds. The van der Waals surface area contributed by atoms with Crippen molar-refractivity contribution in [3.8, 4) is 11.5 Å². The Labute approximate surface area is 120 Å². The lowest BCUT2D eigenvalue weighted by atomic mass is 10.1. The monoisotopic (exact) mass is 283 g/mol. The smallest absolute Gasteiger partial charge is 0.124 e. The molecular weight excluding hydrogens is 258 g/mol. The average molecular weight is 283 g/mol. The third-order valence-electron chi connectivity index (χ3n) is 3.25. The zero-order valence-corrected chi connectivity index (χ0v) is 12.4. The van der Waals surface area contributed by atoms with Gasteiger partial charge < -0.3 is 25.0 Å². The first kappa shape index (κ1) is 16.8. The van der Waals surface area contributed by atoms with Crippen LogP contribution in [0.3, 0.4) is 0 Å². The van der Waals surface area contributed by atoms with Gasteiger partial charge in [0, 0.05) is 24.8 Å². The van der Waals surface area contributed by atoms with Crippen molar-refractivity contribution in [1.82, 2.24) is 5.32 Å². The molecule has 0 saturated carbocycles. The van der Waals surface area contributed by atoms with Gasteiger partial charge in [-0.1, -0.05) is 0 Å². The minimum atomic E-state index is -0.670. The number of nitrogens with one attached hydrogen (secondary N) is 1. The predicted octanol–water partition coefficient (Wildman–Crippen LogP) is 1.49. The Balaban J connectivity index is 2.63. The fraction of sp³-hybridized carbons (Fsp3) is 0.600. The molecule has 1 rings (SSSR count). The van der Waals surface area contributed by atoms with Gasteiger partial charge >= 0.3 is 0 Å². The quantitative estimate of drug-likeness (QED) is 0.640. The van der Waals surface area contributed by atoms with Gasteiger partial charge in [0.25, 0.3) is 0 Å². The largest absolute Gasteiger partial charge is 0.497 e. The molecule has 0 saturated heterocycles. The highest BCUT2D eigenvalue weighted by Crippen LogP contribution is 2.29. The third kappa shape index (κ3) is 5.00. The van der Waals surface area contributed by atoms with Crippen LogP contribution >= 0.6 is 0 Å². The van der Waals surface area contributed by atoms with Crippen LogP contribution in [0.2, 0.25) is 0 Å². The fourth-order valence-electron chi connectivity index (χ4n) is 2.02. The number of ether oxygens (including phenoxy) is 2. The van der Waals surface area contributed by atoms with Gasteiger partial charge in [-0.15, -0.1) is 0 Å². The van der Waals surface area contributed by atoms with Gasteiger partial charge in [-0.2, -0.15) is 0 Å². The summed E-state index contributed by atoms with van der Waals surface area (Å²) in [7, 11) is 3.17. The van der Waals surface area contributed by atoms with E-state index in [1.165, 1.54) is 0 Å². The topological polar surface area (TPSA) is 71.0 Å². The van der Waals surface area contributed by atoms with Gasteiger partial charge in [0.2, 0.25) is 0 Å². The maximum absolute atomic E-state index is 10.3. The Kier molecular flexibility index (Phi) is 7.36. The molecule has 114 valence electrons. The molecule has 0 aliphatic rings. The minimum absolute atomic E-state index is 0.193. The fourth-order valence-corrected chi connectivity index (χ4v) is 2.02. The van der Waals surface area contributed by atoms with Crippen molar-refractivity contribution >= 4 is 0 Å². The van der Waals surface area contributed by atoms with E-state index in [4.69, 9.17) is 14.6 Å². The summed E-state index contributed by atoms with van der Waals surface area (Å²) < 4.78 is 10.4. The van der Waals surface area contributed by atoms with E-state index in [0.29, 0.717) is 23.6 Å². The van der Waals surface area contributed by atoms with Crippen molar-refractivity contribution < 1.29 is 19.7 Å². The molecular formula is C15H25NO4. The number of benzene rings is 1. The van der Waals surface area contributed by atoms with Gasteiger partial charge in [0.15, 0.2) is 0 Å². The minimum Gasteiger partial charge on any atom is -0.497 e. The zero-order valence-electron chi connectivity index (χ0n) is 12.4. The molecule has 0 fully saturated rings. The average Bonchev–Trinajstić information content (AvgIpc) is 2.49. The molecule has 2 unspecified atom stereocenters. The number of aliphatic hydroxyl groups is 2. The molecule has 1 aromatic carbocycles. The third-order valence-corrected chi connectivity index (χ3v) is 3.25. The lowest BCUT2D eigenvalue weighted by molar-refractivity contribution is 0.164. The Bertz CT molecular complexity index is 397. The van der Waals surface area contributed by atoms with Crippen LogP contribution in [0.4, 0.5) is 0 Å². The van der Waals surface area contributed by atoms with E-state index in [-0.39, 0.29) is 12.6 Å². The molecule has 5 nitrogen and oxygen atoms in total. The van der Waals surface area contributed by atoms with Crippen molar-refractivity contribution in [3.63, 3.8) is 0 Å². The Morgan fingerprint density at radius 2 is 2.00 bits per heavy atom. The van der Waals surface area contributed by atoms with Crippen LogP contribution in [0, 0.1) is 0 Å². The van der Waals surface area contributed by atoms with Gasteiger partial charge in [0.1, 0.15) is 11.5 Å². The lowest BCUT2D eigenvalue weighted by Crippen LogP contribution is -2.30. The van der Waals surface area contributed by atoms with Crippen LogP contribution in [-0.4, -0.2) is 43.6 Å². The SMILES string of the molecule is COc1ccc(OC)c(C(O)CNC(C)CCCO)c1. The first-order valence-electron chi connectivity index (χ1n) is 6.86. The molecule has 3 N–H and O–H groups in total. The standard InChI is InChI=1S/C15H25NO4/c1-11(5-4-8-17)16-10-14(18)13-9-12(19-2)6-7-15(13)20-3/h6-7,9,11,14,16-18H,4-5,8,10H2,1-3H3. The van der Waals surface area contributed by atoms with E-state index in [0.717, 1.165) is 12.8 Å². The van der Waals surface area contributed by atoms with Gasteiger partial charge in [0.05, 0.1) is 20.3 Å². The molecule has 1 aromatic rings. The molecule has 0 aliphatic heterocycles. The number of hydrogen-bond acceptors (Lipinski definition) is 5. The molecule has 20 heavy (non-hydrogen) atoms. The number of rotatable bonds is 9. The Hall–Kier alpha value is -1.30. The van der Waals surface area contributed by atoms with Crippen LogP contribution < -0.4 is 14.8 Å². The number of hydrogen-bond donors (Lipinski definition) is 3. The highest BCUT2D eigenvalue weighted by molar-refractivity contribution is 5.41. The van der Waals surface area contributed by atoms with Crippen LogP contribution in [0.5, 0.6) is 11.5 Å². The second kappa shape index (κ2) is 8.79. The van der Waals surface area contributed by atoms with Crippen LogP contribution in [0.25, 0.3) is 0 Å². The highest BCUT2D eigenvalue weighted by atomic mass is 16.5. The first-order valence-corrected chi connectivity index (χ1v) is 6.86. The summed E-state index contributed by atoms with van der Waals surface area (Å²) in [6.45, 7) is 2.65. The Morgan fingerprint density at radius 1 is 1.25 bits per heavy atom. The van der Waals surface area contributed by atoms with Crippen molar-refractivity contribution in [2.24, 2.45) is 0 Å². The second-order valence-electron chi connectivity index (χ2n) is 4.80. The summed E-state index contributed by atoms with van der Waals surface area (Å²) >= 11 is 0. The number of aliphatic hydroxyl groups excluding tert-OH is 2. The van der Waals surface area contributed by atoms with E-state index in [1.807, 2.05) is 6.92 Å². The molecule has 0 aliphatic carbocycles. The first-order chi connectivity index (χ1) is 9.62. The van der Waals surface area contributed by atoms with Crippen molar-refractivity contribution in [2.45, 2.75) is 31.9 Å². The molecule has 0 spiro atoms. The predicted molar refractivity (Wildman–Crippen MR) is 78.3 cm³/mol. The summed E-state index contributed by atoms with van der Waals surface area (Å²) in [6.07, 6.45) is 0.960. The van der Waals surface area contributed by atoms with Crippen LogP contribution in [0.1, 0.15) is 31.4 Å². The maximum atomic E-state index is 10.3. The van der Waals surface area contributed by atoms with E-state index < -0.39 is 6.10 Å². The van der Waals surface area contributed by atoms with Crippen LogP contribution in [0.15, 0.2) is 18.2 Å². The van der Waals surface area contributed by atoms with E-state index in [2.05, 4.69) is 5.32 Å². The molecule has 0 heterocycles. The van der Waals surface area contributed by atoms with E-state index >= 15 is 0 Å². The summed E-state index contributed by atoms with van der Waals surface area (Å²) in [6, 6.07) is 5.61. The molecule has 0 bridgehead atoms. The van der Waals surface area contributed by atoms with Gasteiger partial charge in [-0.25, -0.2) is 0 Å². The van der Waals surface area contributed by atoms with Gasteiger partial charge in [-0.3, -0.25) is 0 Å². The molecule has 2 atom stereocenters. The van der Waals surface area contributed by atoms with Crippen molar-refractivity contribution in [2.75, 3.05) is 27.4 Å². The van der Waals surface area contributed by atoms with Crippen molar-refractivity contribution in [1.29, 1.82) is 0 Å². The molecule has 5 heteroatoms. The summed E-state index contributed by atoms with van der Waals surface area (Å²) in [5.74, 6) is 1.33. The Morgan fingerprint density at radius 3 is 2.60 bits per heavy atom. The zero-order chi connectivity index (χ0) is 15.0. The highest BCUT2D eigenvalue weighted by Gasteiger charge is 2.15. The molecule has 0 aromatic heterocycles. The van der Waals surface area contributed by atoms with Gasteiger partial charge in [-0.05, 0) is 38.0 Å². The summed E-state index contributed by atoms with van der Waals surface area (Å²) in [5, 5.41) is 22.3. The maximum Gasteiger partial charge on any atom is 0.124 e. The summed E-state index contributed by atoms with van der Waals surface area (Å²) in [4.78, 5) is 0. The van der Waals surface area contributed by atoms with Crippen LogP contribution in [-0.2, 0) is 0 Å². The summed E-state index contributed by atoms with van der Waals surface area (Å²) in [5.41, 5.74) is 0.703. The molecule has 0 radical (unpaired) electrons. The lowest BCUT2D eigenvalue weighted by Gasteiger charge is -2.19. The van der Waals surface area contributed by atoms with Crippen molar-refractivity contribution in [3.05, 3.63) is 23.8 Å². The normalized spacial score (nSPS) is 13.8. The van der Waals surface area contributed by atoms with E-state index in [1.54, 1.807) is 32.4 Å². The van der Waals surface area contributed by atoms with E-state index in [9.17, 15) is 5.11 Å².